The zero-order chi connectivity index (χ0) is 18.7. The predicted octanol–water partition coefficient (Wildman–Crippen LogP) is 5.17. The minimum atomic E-state index is -3.65. The third kappa shape index (κ3) is 7.59. The van der Waals surface area contributed by atoms with Crippen molar-refractivity contribution in [1.29, 1.82) is 0 Å². The molecule has 0 aliphatic carbocycles. The Hall–Kier alpha value is -1.36. The molecule has 0 aromatic heterocycles. The van der Waals surface area contributed by atoms with Crippen molar-refractivity contribution in [1.82, 2.24) is 4.90 Å². The second-order valence-electron chi connectivity index (χ2n) is 6.59. The number of unbranched alkanes of at least 4 members (excludes halogenated alkanes) is 3. The van der Waals surface area contributed by atoms with Crippen LogP contribution >= 0.6 is 0 Å². The first-order valence-corrected chi connectivity index (χ1v) is 11.0. The number of hydrogen-bond acceptors (Lipinski definition) is 2. The minimum absolute atomic E-state index is 0.275. The lowest BCUT2D eigenvalue weighted by atomic mass is 10.1. The van der Waals surface area contributed by atoms with Crippen LogP contribution in [-0.4, -0.2) is 32.2 Å². The van der Waals surface area contributed by atoms with Gasteiger partial charge in [-0.1, -0.05) is 57.7 Å². The summed E-state index contributed by atoms with van der Waals surface area (Å²) in [5, 5.41) is 0. The Morgan fingerprint density at radius 3 is 2.04 bits per heavy atom. The highest BCUT2D eigenvalue weighted by Crippen LogP contribution is 2.16. The van der Waals surface area contributed by atoms with Gasteiger partial charge in [-0.15, -0.1) is 4.40 Å². The lowest BCUT2D eigenvalue weighted by Crippen LogP contribution is -2.33. The number of nitrogens with zero attached hydrogens (tertiary/aromatic N) is 2. The van der Waals surface area contributed by atoms with Gasteiger partial charge in [0.1, 0.15) is 5.84 Å². The topological polar surface area (TPSA) is 49.7 Å². The number of sulfonamides is 1. The second kappa shape index (κ2) is 11.3. The number of hydrogen-bond donors (Lipinski definition) is 0. The van der Waals surface area contributed by atoms with Crippen LogP contribution in [0.3, 0.4) is 0 Å². The normalized spacial score (nSPS) is 12.4. The Morgan fingerprint density at radius 1 is 0.920 bits per heavy atom. The van der Waals surface area contributed by atoms with Crippen molar-refractivity contribution in [3.8, 4) is 0 Å². The van der Waals surface area contributed by atoms with E-state index >= 15 is 0 Å². The van der Waals surface area contributed by atoms with Gasteiger partial charge in [0, 0.05) is 19.5 Å². The molecule has 0 bridgehead atoms. The molecule has 0 spiro atoms. The summed E-state index contributed by atoms with van der Waals surface area (Å²) in [4.78, 5) is 2.43. The molecule has 1 rings (SSSR count). The fourth-order valence-corrected chi connectivity index (χ4v) is 3.85. The van der Waals surface area contributed by atoms with E-state index in [1.54, 1.807) is 12.1 Å². The van der Waals surface area contributed by atoms with E-state index in [1.165, 1.54) is 12.8 Å². The molecular weight excluding hydrogens is 332 g/mol. The van der Waals surface area contributed by atoms with Gasteiger partial charge in [-0.3, -0.25) is 0 Å². The molecule has 0 amide bonds. The zero-order valence-electron chi connectivity index (χ0n) is 16.3. The molecule has 0 aliphatic heterocycles. The highest BCUT2D eigenvalue weighted by atomic mass is 32.2. The van der Waals surface area contributed by atoms with Crippen molar-refractivity contribution in [3.63, 3.8) is 0 Å². The van der Waals surface area contributed by atoms with Crippen molar-refractivity contribution in [2.75, 3.05) is 13.1 Å². The van der Waals surface area contributed by atoms with Crippen LogP contribution in [0.4, 0.5) is 0 Å². The Bertz CT molecular complexity index is 616. The maximum atomic E-state index is 12.7. The third-order valence-corrected chi connectivity index (χ3v) is 5.47. The van der Waals surface area contributed by atoms with E-state index in [0.717, 1.165) is 56.6 Å². The highest BCUT2D eigenvalue weighted by Gasteiger charge is 2.17. The molecule has 0 atom stereocenters. The van der Waals surface area contributed by atoms with Gasteiger partial charge in [0.15, 0.2) is 0 Å². The van der Waals surface area contributed by atoms with Gasteiger partial charge in [0.2, 0.25) is 0 Å². The lowest BCUT2D eigenvalue weighted by molar-refractivity contribution is 0.406. The van der Waals surface area contributed by atoms with E-state index in [4.69, 9.17) is 0 Å². The largest absolute Gasteiger partial charge is 0.359 e. The number of rotatable bonds is 11. The van der Waals surface area contributed by atoms with Gasteiger partial charge in [0.25, 0.3) is 10.0 Å². The second-order valence-corrected chi connectivity index (χ2v) is 8.20. The summed E-state index contributed by atoms with van der Waals surface area (Å²) in [6, 6.07) is 6.93. The molecule has 5 heteroatoms. The summed E-state index contributed by atoms with van der Waals surface area (Å²) in [5.74, 6) is 0.723. The van der Waals surface area contributed by atoms with Gasteiger partial charge < -0.3 is 4.90 Å². The molecule has 0 radical (unpaired) electrons. The molecular formula is C20H34N2O2S. The Kier molecular flexibility index (Phi) is 9.79. The van der Waals surface area contributed by atoms with E-state index in [-0.39, 0.29) is 4.90 Å². The minimum Gasteiger partial charge on any atom is -0.359 e. The van der Waals surface area contributed by atoms with Crippen LogP contribution in [0.1, 0.15) is 71.3 Å². The lowest BCUT2D eigenvalue weighted by Gasteiger charge is -2.25. The fourth-order valence-electron chi connectivity index (χ4n) is 2.78. The summed E-state index contributed by atoms with van der Waals surface area (Å²) in [6.45, 7) is 10.1. The van der Waals surface area contributed by atoms with Gasteiger partial charge in [-0.05, 0) is 38.3 Å². The first-order valence-electron chi connectivity index (χ1n) is 9.60. The molecule has 0 N–H and O–H groups in total. The maximum absolute atomic E-state index is 12.7. The van der Waals surface area contributed by atoms with E-state index < -0.39 is 10.0 Å². The molecule has 142 valence electrons. The fraction of sp³-hybridized carbons (Fsp3) is 0.650. The molecule has 0 saturated heterocycles. The summed E-state index contributed by atoms with van der Waals surface area (Å²) in [7, 11) is -3.65. The SMILES string of the molecule is CCCCCC/C(=N\S(=O)(=O)c1ccc(C)cc1)N(CCC)CCC. The van der Waals surface area contributed by atoms with Crippen LogP contribution < -0.4 is 0 Å². The van der Waals surface area contributed by atoms with Crippen molar-refractivity contribution >= 4 is 15.9 Å². The molecule has 1 aromatic rings. The van der Waals surface area contributed by atoms with Gasteiger partial charge in [0.05, 0.1) is 4.90 Å². The Labute approximate surface area is 154 Å². The first kappa shape index (κ1) is 21.7. The Morgan fingerprint density at radius 2 is 1.52 bits per heavy atom. The van der Waals surface area contributed by atoms with Crippen molar-refractivity contribution in [3.05, 3.63) is 29.8 Å². The molecule has 4 nitrogen and oxygen atoms in total. The van der Waals surface area contributed by atoms with E-state index in [2.05, 4.69) is 30.1 Å². The van der Waals surface area contributed by atoms with E-state index in [0.29, 0.717) is 0 Å². The van der Waals surface area contributed by atoms with Crippen molar-refractivity contribution in [2.24, 2.45) is 4.40 Å². The van der Waals surface area contributed by atoms with Crippen molar-refractivity contribution in [2.45, 2.75) is 77.5 Å². The smallest absolute Gasteiger partial charge is 0.283 e. The van der Waals surface area contributed by atoms with E-state index in [1.807, 2.05) is 19.1 Å². The standard InChI is InChI=1S/C20H34N2O2S/c1-5-8-9-10-11-20(22(16-6-2)17-7-3)21-25(23,24)19-14-12-18(4)13-15-19/h12-15H,5-11,16-17H2,1-4H3/b21-20+. The summed E-state index contributed by atoms with van der Waals surface area (Å²) in [5.41, 5.74) is 1.04. The molecule has 0 saturated carbocycles. The first-order chi connectivity index (χ1) is 11.9. The molecule has 1 aromatic carbocycles. The van der Waals surface area contributed by atoms with Crippen LogP contribution in [0.5, 0.6) is 0 Å². The Balaban J connectivity index is 3.08. The summed E-state index contributed by atoms with van der Waals surface area (Å²) in [6.07, 6.45) is 7.15. The third-order valence-electron chi connectivity index (χ3n) is 4.15. The molecule has 0 aliphatic rings. The zero-order valence-corrected chi connectivity index (χ0v) is 17.1. The van der Waals surface area contributed by atoms with Crippen LogP contribution in [0.15, 0.2) is 33.6 Å². The number of benzene rings is 1. The van der Waals surface area contributed by atoms with Gasteiger partial charge in [-0.2, -0.15) is 8.42 Å². The van der Waals surface area contributed by atoms with Crippen LogP contribution in [-0.2, 0) is 10.0 Å². The molecule has 25 heavy (non-hydrogen) atoms. The summed E-state index contributed by atoms with van der Waals surface area (Å²) >= 11 is 0. The predicted molar refractivity (Wildman–Crippen MR) is 107 cm³/mol. The van der Waals surface area contributed by atoms with Crippen molar-refractivity contribution < 1.29 is 8.42 Å². The number of amidine groups is 1. The quantitative estimate of drug-likeness (QED) is 0.308. The van der Waals surface area contributed by atoms with Gasteiger partial charge >= 0.3 is 0 Å². The summed E-state index contributed by atoms with van der Waals surface area (Å²) < 4.78 is 29.7. The van der Waals surface area contributed by atoms with Gasteiger partial charge in [-0.25, -0.2) is 0 Å². The monoisotopic (exact) mass is 366 g/mol. The average molecular weight is 367 g/mol. The molecule has 0 fully saturated rings. The highest BCUT2D eigenvalue weighted by molar-refractivity contribution is 7.90. The average Bonchev–Trinajstić information content (AvgIpc) is 2.58. The van der Waals surface area contributed by atoms with Crippen LogP contribution in [0.25, 0.3) is 0 Å². The molecule has 0 heterocycles. The number of aryl methyl sites for hydroxylation is 1. The van der Waals surface area contributed by atoms with Crippen LogP contribution in [0.2, 0.25) is 0 Å². The van der Waals surface area contributed by atoms with Crippen LogP contribution in [0, 0.1) is 6.92 Å². The van der Waals surface area contributed by atoms with E-state index in [9.17, 15) is 8.42 Å². The maximum Gasteiger partial charge on any atom is 0.283 e. The molecule has 0 unspecified atom stereocenters.